The summed E-state index contributed by atoms with van der Waals surface area (Å²) in [6, 6.07) is 0.276. The highest BCUT2D eigenvalue weighted by Crippen LogP contribution is 2.26. The Labute approximate surface area is 101 Å². The van der Waals surface area contributed by atoms with Gasteiger partial charge in [-0.1, -0.05) is 25.7 Å². The number of nitrogens with zero attached hydrogens (tertiary/aromatic N) is 1. The van der Waals surface area contributed by atoms with Crippen LogP contribution in [0.5, 0.6) is 0 Å². The first-order valence-corrected chi connectivity index (χ1v) is 6.32. The number of methoxy groups -OCH3 is 1. The number of H-pyrrole nitrogens is 1. The number of aromatic nitrogens is 2. The number of nitrogens with one attached hydrogen (secondary N) is 1. The normalized spacial score (nSPS) is 18.2. The number of nitrogens with two attached hydrogens (primary N) is 1. The minimum Gasteiger partial charge on any atom is -0.393 e. The smallest absolute Gasteiger partial charge is 0.290 e. The van der Waals surface area contributed by atoms with Crippen molar-refractivity contribution in [3.05, 3.63) is 16.0 Å². The summed E-state index contributed by atoms with van der Waals surface area (Å²) in [5.74, 6) is 0. The van der Waals surface area contributed by atoms with Crippen LogP contribution in [0.15, 0.2) is 4.79 Å². The van der Waals surface area contributed by atoms with Gasteiger partial charge in [0.15, 0.2) is 0 Å². The van der Waals surface area contributed by atoms with Crippen LogP contribution >= 0.6 is 0 Å². The molecular weight excluding hydrogens is 218 g/mol. The highest BCUT2D eigenvalue weighted by atomic mass is 16.5. The van der Waals surface area contributed by atoms with Crippen molar-refractivity contribution in [1.82, 2.24) is 9.78 Å². The zero-order valence-electron chi connectivity index (χ0n) is 10.4. The fraction of sp³-hybridized carbons (Fsp3) is 0.750. The van der Waals surface area contributed by atoms with E-state index in [4.69, 9.17) is 10.5 Å². The quantitative estimate of drug-likeness (QED) is 0.790. The lowest BCUT2D eigenvalue weighted by Gasteiger charge is -2.14. The molecule has 1 saturated carbocycles. The van der Waals surface area contributed by atoms with Crippen LogP contribution in [0.2, 0.25) is 0 Å². The van der Waals surface area contributed by atoms with Crippen LogP contribution in [-0.2, 0) is 11.3 Å². The third kappa shape index (κ3) is 2.54. The Kier molecular flexibility index (Phi) is 3.89. The summed E-state index contributed by atoms with van der Waals surface area (Å²) in [4.78, 5) is 12.0. The van der Waals surface area contributed by atoms with Crippen molar-refractivity contribution < 1.29 is 4.74 Å². The Balaban J connectivity index is 2.24. The summed E-state index contributed by atoms with van der Waals surface area (Å²) >= 11 is 0. The van der Waals surface area contributed by atoms with Gasteiger partial charge < -0.3 is 10.5 Å². The second kappa shape index (κ2) is 5.40. The Bertz CT molecular complexity index is 414. The number of hydrogen-bond donors (Lipinski definition) is 2. The maximum atomic E-state index is 12.0. The predicted molar refractivity (Wildman–Crippen MR) is 66.9 cm³/mol. The molecule has 0 atom stereocenters. The molecule has 0 spiro atoms. The van der Waals surface area contributed by atoms with Crippen molar-refractivity contribution in [2.45, 2.75) is 51.2 Å². The van der Waals surface area contributed by atoms with E-state index in [0.29, 0.717) is 18.0 Å². The fourth-order valence-electron chi connectivity index (χ4n) is 2.54. The maximum absolute atomic E-state index is 12.0. The Morgan fingerprint density at radius 2 is 2.00 bits per heavy atom. The van der Waals surface area contributed by atoms with Gasteiger partial charge >= 0.3 is 0 Å². The third-order valence-corrected chi connectivity index (χ3v) is 3.51. The van der Waals surface area contributed by atoms with E-state index < -0.39 is 0 Å². The lowest BCUT2D eigenvalue weighted by molar-refractivity contribution is 0.180. The third-order valence-electron chi connectivity index (χ3n) is 3.51. The summed E-state index contributed by atoms with van der Waals surface area (Å²) in [6.45, 7) is 0.362. The van der Waals surface area contributed by atoms with Crippen molar-refractivity contribution in [2.24, 2.45) is 0 Å². The van der Waals surface area contributed by atoms with Gasteiger partial charge in [-0.15, -0.1) is 0 Å². The van der Waals surface area contributed by atoms with Crippen molar-refractivity contribution in [3.8, 4) is 0 Å². The molecule has 5 heteroatoms. The summed E-state index contributed by atoms with van der Waals surface area (Å²) in [5.41, 5.74) is 6.70. The van der Waals surface area contributed by atoms with E-state index in [9.17, 15) is 4.79 Å². The molecule has 0 aliphatic heterocycles. The Morgan fingerprint density at radius 3 is 2.59 bits per heavy atom. The summed E-state index contributed by atoms with van der Waals surface area (Å²) in [5, 5.41) is 3.10. The molecule has 1 aliphatic rings. The summed E-state index contributed by atoms with van der Waals surface area (Å²) in [6.07, 6.45) is 7.04. The van der Waals surface area contributed by atoms with E-state index >= 15 is 0 Å². The molecule has 5 nitrogen and oxygen atoms in total. The van der Waals surface area contributed by atoms with Gasteiger partial charge in [-0.3, -0.25) is 9.89 Å². The molecule has 2 rings (SSSR count). The molecule has 17 heavy (non-hydrogen) atoms. The number of rotatable bonds is 3. The average molecular weight is 239 g/mol. The first-order valence-electron chi connectivity index (χ1n) is 6.32. The Hall–Kier alpha value is -1.23. The van der Waals surface area contributed by atoms with E-state index in [-0.39, 0.29) is 11.6 Å². The van der Waals surface area contributed by atoms with Crippen LogP contribution in [-0.4, -0.2) is 16.9 Å². The first kappa shape index (κ1) is 12.2. The SMILES string of the molecule is COCc1[nH]n(C2CCCCCC2)c(=O)c1N. The number of nitrogen functional groups attached to an aromatic ring is 1. The van der Waals surface area contributed by atoms with Crippen LogP contribution < -0.4 is 11.3 Å². The van der Waals surface area contributed by atoms with Gasteiger partial charge in [-0.25, -0.2) is 4.68 Å². The van der Waals surface area contributed by atoms with Crippen LogP contribution in [0.25, 0.3) is 0 Å². The molecule has 1 aromatic rings. The number of aromatic amines is 1. The van der Waals surface area contributed by atoms with Gasteiger partial charge in [0.1, 0.15) is 5.69 Å². The molecule has 0 radical (unpaired) electrons. The predicted octanol–water partition coefficient (Wildman–Crippen LogP) is 1.80. The van der Waals surface area contributed by atoms with E-state index in [1.807, 2.05) is 0 Å². The van der Waals surface area contributed by atoms with Crippen molar-refractivity contribution in [1.29, 1.82) is 0 Å². The molecule has 1 fully saturated rings. The fourth-order valence-corrected chi connectivity index (χ4v) is 2.54. The molecule has 0 bridgehead atoms. The molecule has 3 N–H and O–H groups in total. The van der Waals surface area contributed by atoms with E-state index in [1.165, 1.54) is 25.7 Å². The van der Waals surface area contributed by atoms with Gasteiger partial charge in [0.05, 0.1) is 18.3 Å². The maximum Gasteiger partial charge on any atom is 0.290 e. The second-order valence-electron chi connectivity index (χ2n) is 4.76. The highest BCUT2D eigenvalue weighted by Gasteiger charge is 2.19. The lowest BCUT2D eigenvalue weighted by atomic mass is 10.1. The molecule has 1 aliphatic carbocycles. The zero-order valence-corrected chi connectivity index (χ0v) is 10.4. The summed E-state index contributed by atoms with van der Waals surface area (Å²) in [7, 11) is 1.60. The molecule has 1 heterocycles. The average Bonchev–Trinajstić information content (AvgIpc) is 2.56. The standard InChI is InChI=1S/C12H21N3O2/c1-17-8-10-11(13)12(16)15(14-10)9-6-4-2-3-5-7-9/h9,14H,2-8,13H2,1H3. The van der Waals surface area contributed by atoms with E-state index in [1.54, 1.807) is 11.8 Å². The van der Waals surface area contributed by atoms with Crippen LogP contribution in [0.1, 0.15) is 50.3 Å². The topological polar surface area (TPSA) is 73.0 Å². The lowest BCUT2D eigenvalue weighted by Crippen LogP contribution is -2.23. The van der Waals surface area contributed by atoms with Gasteiger partial charge in [0, 0.05) is 7.11 Å². The van der Waals surface area contributed by atoms with Crippen molar-refractivity contribution in [2.75, 3.05) is 12.8 Å². The second-order valence-corrected chi connectivity index (χ2v) is 4.76. The first-order chi connectivity index (χ1) is 8.24. The molecule has 96 valence electrons. The van der Waals surface area contributed by atoms with Gasteiger partial charge in [-0.2, -0.15) is 0 Å². The van der Waals surface area contributed by atoms with Crippen molar-refractivity contribution >= 4 is 5.69 Å². The number of anilines is 1. The van der Waals surface area contributed by atoms with Crippen LogP contribution in [0.4, 0.5) is 5.69 Å². The van der Waals surface area contributed by atoms with Gasteiger partial charge in [-0.05, 0) is 12.8 Å². The zero-order chi connectivity index (χ0) is 12.3. The Morgan fingerprint density at radius 1 is 1.35 bits per heavy atom. The van der Waals surface area contributed by atoms with Gasteiger partial charge in [0.2, 0.25) is 0 Å². The van der Waals surface area contributed by atoms with Crippen LogP contribution in [0.3, 0.4) is 0 Å². The molecule has 0 aromatic carbocycles. The van der Waals surface area contributed by atoms with E-state index in [0.717, 1.165) is 12.8 Å². The molecule has 0 unspecified atom stereocenters. The minimum atomic E-state index is -0.0936. The number of ether oxygens (including phenoxy) is 1. The molecular formula is C12H21N3O2. The monoisotopic (exact) mass is 239 g/mol. The molecule has 1 aromatic heterocycles. The van der Waals surface area contributed by atoms with E-state index in [2.05, 4.69) is 5.10 Å². The number of hydrogen-bond acceptors (Lipinski definition) is 3. The minimum absolute atomic E-state index is 0.0936. The highest BCUT2D eigenvalue weighted by molar-refractivity contribution is 5.40. The van der Waals surface area contributed by atoms with Crippen LogP contribution in [0, 0.1) is 0 Å². The van der Waals surface area contributed by atoms with Gasteiger partial charge in [0.25, 0.3) is 5.56 Å². The largest absolute Gasteiger partial charge is 0.393 e. The van der Waals surface area contributed by atoms with Crippen molar-refractivity contribution in [3.63, 3.8) is 0 Å². The molecule has 0 saturated heterocycles. The summed E-state index contributed by atoms with van der Waals surface area (Å²) < 4.78 is 6.73. The molecule has 0 amide bonds.